The molecule has 0 unspecified atom stereocenters. The van der Waals surface area contributed by atoms with Crippen LogP contribution in [0, 0.1) is 12.8 Å². The Kier molecular flexibility index (Phi) is 7.30. The van der Waals surface area contributed by atoms with Crippen LogP contribution in [0.15, 0.2) is 47.1 Å². The zero-order valence-electron chi connectivity index (χ0n) is 16.7. The number of nitrogens with zero attached hydrogens (tertiary/aromatic N) is 1. The van der Waals surface area contributed by atoms with Gasteiger partial charge in [0.15, 0.2) is 0 Å². The van der Waals surface area contributed by atoms with Gasteiger partial charge in [0.1, 0.15) is 5.76 Å². The highest BCUT2D eigenvalue weighted by molar-refractivity contribution is 6.40. The minimum Gasteiger partial charge on any atom is -0.465 e. The number of carbonyl (C=O) groups is 3. The van der Waals surface area contributed by atoms with E-state index >= 15 is 0 Å². The van der Waals surface area contributed by atoms with Gasteiger partial charge in [-0.1, -0.05) is 17.7 Å². The Morgan fingerprint density at radius 1 is 1.17 bits per heavy atom. The SMILES string of the molecule is Cc1c(Cl)cccc1NC(=O)C(=O)NCC1CCN(C(=O)/C=C/c2ccco2)CC1. The first-order valence-corrected chi connectivity index (χ1v) is 10.2. The van der Waals surface area contributed by atoms with Crippen LogP contribution in [0.25, 0.3) is 6.08 Å². The summed E-state index contributed by atoms with van der Waals surface area (Å²) in [5, 5.41) is 5.78. The van der Waals surface area contributed by atoms with E-state index in [4.69, 9.17) is 16.0 Å². The van der Waals surface area contributed by atoms with Crippen LogP contribution in [0.4, 0.5) is 5.69 Å². The standard InChI is InChI=1S/C22H24ClN3O4/c1-15-18(23)5-2-6-19(15)25-22(29)21(28)24-14-16-9-11-26(12-10-16)20(27)8-7-17-4-3-13-30-17/h2-8,13,16H,9-12,14H2,1H3,(H,24,28)(H,25,29)/b8-7+. The Morgan fingerprint density at radius 2 is 1.93 bits per heavy atom. The molecule has 0 aliphatic carbocycles. The molecule has 7 nitrogen and oxygen atoms in total. The van der Waals surface area contributed by atoms with E-state index in [2.05, 4.69) is 10.6 Å². The van der Waals surface area contributed by atoms with Gasteiger partial charge in [0, 0.05) is 36.4 Å². The number of hydrogen-bond acceptors (Lipinski definition) is 4. The van der Waals surface area contributed by atoms with Crippen molar-refractivity contribution in [1.29, 1.82) is 0 Å². The summed E-state index contributed by atoms with van der Waals surface area (Å²) >= 11 is 6.03. The van der Waals surface area contributed by atoms with Crippen molar-refractivity contribution in [3.63, 3.8) is 0 Å². The van der Waals surface area contributed by atoms with Gasteiger partial charge in [-0.2, -0.15) is 0 Å². The van der Waals surface area contributed by atoms with Gasteiger partial charge < -0.3 is 20.0 Å². The van der Waals surface area contributed by atoms with Crippen molar-refractivity contribution in [2.75, 3.05) is 25.0 Å². The molecule has 0 saturated carbocycles. The lowest BCUT2D eigenvalue weighted by molar-refractivity contribution is -0.136. The minimum atomic E-state index is -0.726. The average Bonchev–Trinajstić information content (AvgIpc) is 3.27. The maximum Gasteiger partial charge on any atom is 0.313 e. The fraction of sp³-hybridized carbons (Fsp3) is 0.318. The normalized spacial score (nSPS) is 14.7. The van der Waals surface area contributed by atoms with E-state index < -0.39 is 11.8 Å². The second-order valence-corrected chi connectivity index (χ2v) is 7.60. The average molecular weight is 430 g/mol. The number of hydrogen-bond donors (Lipinski definition) is 2. The molecule has 0 spiro atoms. The van der Waals surface area contributed by atoms with Crippen LogP contribution in [0.3, 0.4) is 0 Å². The van der Waals surface area contributed by atoms with Crippen molar-refractivity contribution in [3.8, 4) is 0 Å². The van der Waals surface area contributed by atoms with Gasteiger partial charge in [-0.05, 0) is 61.6 Å². The van der Waals surface area contributed by atoms with Crippen LogP contribution in [0.1, 0.15) is 24.2 Å². The first kappa shape index (κ1) is 21.6. The number of nitrogens with one attached hydrogen (secondary N) is 2. The number of benzene rings is 1. The number of anilines is 1. The van der Waals surface area contributed by atoms with E-state index in [1.807, 2.05) is 0 Å². The van der Waals surface area contributed by atoms with E-state index in [1.54, 1.807) is 54.5 Å². The predicted molar refractivity (Wildman–Crippen MR) is 115 cm³/mol. The predicted octanol–water partition coefficient (Wildman–Crippen LogP) is 3.25. The molecule has 158 valence electrons. The van der Waals surface area contributed by atoms with E-state index in [9.17, 15) is 14.4 Å². The Morgan fingerprint density at radius 3 is 2.63 bits per heavy atom. The Bertz CT molecular complexity index is 932. The topological polar surface area (TPSA) is 91.7 Å². The van der Waals surface area contributed by atoms with Gasteiger partial charge in [0.05, 0.1) is 6.26 Å². The first-order chi connectivity index (χ1) is 14.4. The van der Waals surface area contributed by atoms with E-state index in [0.717, 1.165) is 12.8 Å². The largest absolute Gasteiger partial charge is 0.465 e. The second kappa shape index (κ2) is 10.1. The molecule has 1 aromatic carbocycles. The third kappa shape index (κ3) is 5.73. The van der Waals surface area contributed by atoms with Crippen LogP contribution >= 0.6 is 11.6 Å². The van der Waals surface area contributed by atoms with Crippen LogP contribution in [-0.4, -0.2) is 42.3 Å². The monoisotopic (exact) mass is 429 g/mol. The number of piperidine rings is 1. The van der Waals surface area contributed by atoms with Crippen molar-refractivity contribution < 1.29 is 18.8 Å². The molecule has 8 heteroatoms. The van der Waals surface area contributed by atoms with Gasteiger partial charge in [0.25, 0.3) is 0 Å². The lowest BCUT2D eigenvalue weighted by Crippen LogP contribution is -2.43. The van der Waals surface area contributed by atoms with Gasteiger partial charge in [0.2, 0.25) is 5.91 Å². The van der Waals surface area contributed by atoms with Crippen molar-refractivity contribution in [2.45, 2.75) is 19.8 Å². The van der Waals surface area contributed by atoms with Crippen LogP contribution in [0.5, 0.6) is 0 Å². The minimum absolute atomic E-state index is 0.0647. The summed E-state index contributed by atoms with van der Waals surface area (Å²) < 4.78 is 5.17. The molecule has 2 heterocycles. The molecular weight excluding hydrogens is 406 g/mol. The summed E-state index contributed by atoms with van der Waals surface area (Å²) in [4.78, 5) is 38.3. The number of amides is 3. The van der Waals surface area contributed by atoms with Crippen molar-refractivity contribution in [3.05, 3.63) is 59.0 Å². The van der Waals surface area contributed by atoms with Crippen molar-refractivity contribution >= 4 is 41.1 Å². The fourth-order valence-corrected chi connectivity index (χ4v) is 3.42. The fourth-order valence-electron chi connectivity index (χ4n) is 3.24. The highest BCUT2D eigenvalue weighted by atomic mass is 35.5. The van der Waals surface area contributed by atoms with Gasteiger partial charge >= 0.3 is 11.8 Å². The number of carbonyl (C=O) groups excluding carboxylic acids is 3. The van der Waals surface area contributed by atoms with Gasteiger partial charge in [-0.3, -0.25) is 14.4 Å². The lowest BCUT2D eigenvalue weighted by Gasteiger charge is -2.31. The molecule has 1 saturated heterocycles. The summed E-state index contributed by atoms with van der Waals surface area (Å²) in [6.07, 6.45) is 6.23. The zero-order chi connectivity index (χ0) is 21.5. The number of furan rings is 1. The Balaban J connectivity index is 1.40. The number of halogens is 1. The molecule has 2 N–H and O–H groups in total. The molecular formula is C22H24ClN3O4. The molecule has 30 heavy (non-hydrogen) atoms. The molecule has 1 fully saturated rings. The summed E-state index contributed by atoms with van der Waals surface area (Å²) in [5.41, 5.74) is 1.22. The molecule has 3 amide bonds. The zero-order valence-corrected chi connectivity index (χ0v) is 17.4. The molecule has 1 aliphatic heterocycles. The summed E-state index contributed by atoms with van der Waals surface area (Å²) in [6.45, 7) is 3.38. The smallest absolute Gasteiger partial charge is 0.313 e. The molecule has 0 bridgehead atoms. The maximum atomic E-state index is 12.2. The third-order valence-corrected chi connectivity index (χ3v) is 5.54. The molecule has 1 aliphatic rings. The quantitative estimate of drug-likeness (QED) is 0.563. The Hall–Kier alpha value is -3.06. The van der Waals surface area contributed by atoms with Crippen molar-refractivity contribution in [2.24, 2.45) is 5.92 Å². The number of likely N-dealkylation sites (tertiary alicyclic amines) is 1. The number of rotatable bonds is 5. The highest BCUT2D eigenvalue weighted by Crippen LogP contribution is 2.23. The highest BCUT2D eigenvalue weighted by Gasteiger charge is 2.23. The van der Waals surface area contributed by atoms with E-state index in [1.165, 1.54) is 6.08 Å². The molecule has 3 rings (SSSR count). The molecule has 2 aromatic rings. The van der Waals surface area contributed by atoms with E-state index in [0.29, 0.717) is 41.7 Å². The Labute approximate surface area is 180 Å². The molecule has 1 aromatic heterocycles. The molecule has 0 radical (unpaired) electrons. The van der Waals surface area contributed by atoms with Crippen molar-refractivity contribution in [1.82, 2.24) is 10.2 Å². The van der Waals surface area contributed by atoms with Crippen LogP contribution in [0.2, 0.25) is 5.02 Å². The summed E-state index contributed by atoms with van der Waals surface area (Å²) in [6, 6.07) is 8.67. The van der Waals surface area contributed by atoms with Gasteiger partial charge in [-0.25, -0.2) is 0 Å². The third-order valence-electron chi connectivity index (χ3n) is 5.13. The van der Waals surface area contributed by atoms with Crippen LogP contribution in [-0.2, 0) is 14.4 Å². The second-order valence-electron chi connectivity index (χ2n) is 7.19. The summed E-state index contributed by atoms with van der Waals surface area (Å²) in [7, 11) is 0. The van der Waals surface area contributed by atoms with Gasteiger partial charge in [-0.15, -0.1) is 0 Å². The lowest BCUT2D eigenvalue weighted by atomic mass is 9.96. The molecule has 0 atom stereocenters. The summed E-state index contributed by atoms with van der Waals surface area (Å²) in [5.74, 6) is -0.629. The van der Waals surface area contributed by atoms with E-state index in [-0.39, 0.29) is 11.8 Å². The van der Waals surface area contributed by atoms with Crippen LogP contribution < -0.4 is 10.6 Å². The first-order valence-electron chi connectivity index (χ1n) is 9.79. The maximum absolute atomic E-state index is 12.2.